The van der Waals surface area contributed by atoms with Crippen LogP contribution in [0.1, 0.15) is 23.8 Å². The number of hydrogen-bond donors (Lipinski definition) is 2. The molecule has 0 spiro atoms. The lowest BCUT2D eigenvalue weighted by Gasteiger charge is -2.24. The van der Waals surface area contributed by atoms with Gasteiger partial charge in [-0.15, -0.1) is 10.2 Å². The van der Waals surface area contributed by atoms with Crippen LogP contribution in [0.3, 0.4) is 0 Å². The second-order valence-electron chi connectivity index (χ2n) is 6.01. The summed E-state index contributed by atoms with van der Waals surface area (Å²) in [5, 5.41) is 12.0. The maximum absolute atomic E-state index is 4.47. The molecule has 1 atom stereocenters. The Kier molecular flexibility index (Phi) is 3.67. The molecule has 4 rings (SSSR count). The zero-order chi connectivity index (χ0) is 15.6. The predicted molar refractivity (Wildman–Crippen MR) is 87.7 cm³/mol. The molecule has 3 aromatic rings. The van der Waals surface area contributed by atoms with Gasteiger partial charge in [-0.2, -0.15) is 0 Å². The lowest BCUT2D eigenvalue weighted by Crippen LogP contribution is -2.36. The van der Waals surface area contributed by atoms with Crippen molar-refractivity contribution in [2.75, 3.05) is 0 Å². The molecule has 118 valence electrons. The van der Waals surface area contributed by atoms with E-state index in [1.807, 2.05) is 31.3 Å². The molecule has 2 N–H and O–H groups in total. The van der Waals surface area contributed by atoms with Crippen LogP contribution >= 0.6 is 0 Å². The molecule has 0 radical (unpaired) electrons. The first-order chi connectivity index (χ1) is 11.3. The van der Waals surface area contributed by atoms with Crippen molar-refractivity contribution in [1.29, 1.82) is 0 Å². The summed E-state index contributed by atoms with van der Waals surface area (Å²) in [4.78, 5) is 7.85. The first-order valence-corrected chi connectivity index (χ1v) is 8.01. The van der Waals surface area contributed by atoms with Gasteiger partial charge >= 0.3 is 0 Å². The zero-order valence-corrected chi connectivity index (χ0v) is 13.2. The summed E-state index contributed by atoms with van der Waals surface area (Å²) in [5.74, 6) is 3.02. The molecular formula is C17H20N6. The van der Waals surface area contributed by atoms with Crippen molar-refractivity contribution in [1.82, 2.24) is 30.0 Å². The van der Waals surface area contributed by atoms with Crippen molar-refractivity contribution in [3.63, 3.8) is 0 Å². The molecule has 1 aromatic carbocycles. The molecule has 0 bridgehead atoms. The van der Waals surface area contributed by atoms with Crippen molar-refractivity contribution >= 4 is 0 Å². The highest BCUT2D eigenvalue weighted by molar-refractivity contribution is 5.54. The number of benzene rings is 1. The molecule has 0 saturated carbocycles. The Balaban J connectivity index is 1.38. The summed E-state index contributed by atoms with van der Waals surface area (Å²) in [6.45, 7) is 3.79. The third kappa shape index (κ3) is 2.90. The van der Waals surface area contributed by atoms with Crippen LogP contribution in [0.5, 0.6) is 0 Å². The van der Waals surface area contributed by atoms with Crippen molar-refractivity contribution in [2.24, 2.45) is 0 Å². The molecule has 0 fully saturated rings. The predicted octanol–water partition coefficient (Wildman–Crippen LogP) is 2.08. The maximum Gasteiger partial charge on any atom is 0.137 e. The second-order valence-corrected chi connectivity index (χ2v) is 6.01. The molecule has 3 heterocycles. The van der Waals surface area contributed by atoms with Crippen LogP contribution in [0.2, 0.25) is 0 Å². The minimum atomic E-state index is 0.439. The van der Waals surface area contributed by atoms with Gasteiger partial charge in [-0.3, -0.25) is 0 Å². The highest BCUT2D eigenvalue weighted by Crippen LogP contribution is 2.17. The summed E-state index contributed by atoms with van der Waals surface area (Å²) in [6, 6.07) is 10.6. The molecule has 1 aliphatic heterocycles. The summed E-state index contributed by atoms with van der Waals surface area (Å²) in [5.41, 5.74) is 2.21. The number of aromatic nitrogens is 5. The molecule has 1 unspecified atom stereocenters. The lowest BCUT2D eigenvalue weighted by molar-refractivity contribution is 0.388. The van der Waals surface area contributed by atoms with Crippen LogP contribution in [0.15, 0.2) is 36.5 Å². The lowest BCUT2D eigenvalue weighted by atomic mass is 10.1. The average Bonchev–Trinajstić information content (AvgIpc) is 3.21. The van der Waals surface area contributed by atoms with E-state index in [0.29, 0.717) is 6.04 Å². The molecular weight excluding hydrogens is 288 g/mol. The van der Waals surface area contributed by atoms with Gasteiger partial charge in [-0.1, -0.05) is 30.3 Å². The van der Waals surface area contributed by atoms with Gasteiger partial charge in [0.15, 0.2) is 0 Å². The Morgan fingerprint density at radius 2 is 2.13 bits per heavy atom. The number of fused-ring (bicyclic) bond motifs is 1. The summed E-state index contributed by atoms with van der Waals surface area (Å²) < 4.78 is 2.21. The average molecular weight is 308 g/mol. The largest absolute Gasteiger partial charge is 0.341 e. The van der Waals surface area contributed by atoms with Crippen molar-refractivity contribution in [3.05, 3.63) is 53.9 Å². The number of imidazole rings is 1. The maximum atomic E-state index is 4.47. The SMILES string of the molecule is Cc1nnc2n1CCC(NCc1cnc(-c3ccccc3)[nH]1)C2. The summed E-state index contributed by atoms with van der Waals surface area (Å²) >= 11 is 0. The highest BCUT2D eigenvalue weighted by atomic mass is 15.3. The molecule has 2 aromatic heterocycles. The number of aromatic amines is 1. The Morgan fingerprint density at radius 3 is 3.00 bits per heavy atom. The second kappa shape index (κ2) is 5.96. The third-order valence-corrected chi connectivity index (χ3v) is 4.40. The van der Waals surface area contributed by atoms with E-state index in [2.05, 4.69) is 42.2 Å². The normalized spacial score (nSPS) is 17.2. The van der Waals surface area contributed by atoms with E-state index in [4.69, 9.17) is 0 Å². The van der Waals surface area contributed by atoms with E-state index < -0.39 is 0 Å². The van der Waals surface area contributed by atoms with E-state index in [0.717, 1.165) is 54.7 Å². The topological polar surface area (TPSA) is 71.4 Å². The molecule has 6 nitrogen and oxygen atoms in total. The van der Waals surface area contributed by atoms with Crippen LogP contribution < -0.4 is 5.32 Å². The van der Waals surface area contributed by atoms with Crippen molar-refractivity contribution in [3.8, 4) is 11.4 Å². The zero-order valence-electron chi connectivity index (χ0n) is 13.2. The number of aryl methyl sites for hydroxylation is 1. The van der Waals surface area contributed by atoms with E-state index >= 15 is 0 Å². The Morgan fingerprint density at radius 1 is 1.26 bits per heavy atom. The number of hydrogen-bond acceptors (Lipinski definition) is 4. The van der Waals surface area contributed by atoms with Crippen LogP contribution in [0.4, 0.5) is 0 Å². The fraction of sp³-hybridized carbons (Fsp3) is 0.353. The van der Waals surface area contributed by atoms with Crippen molar-refractivity contribution in [2.45, 2.75) is 38.9 Å². The van der Waals surface area contributed by atoms with Gasteiger partial charge in [-0.25, -0.2) is 4.98 Å². The minimum Gasteiger partial charge on any atom is -0.341 e. The monoisotopic (exact) mass is 308 g/mol. The van der Waals surface area contributed by atoms with Crippen LogP contribution in [-0.2, 0) is 19.5 Å². The molecule has 1 aliphatic rings. The fourth-order valence-electron chi connectivity index (χ4n) is 3.09. The van der Waals surface area contributed by atoms with Crippen LogP contribution in [-0.4, -0.2) is 30.8 Å². The number of rotatable bonds is 4. The standard InChI is InChI=1S/C17H20N6/c1-12-21-22-16-9-14(7-8-23(12)16)18-10-15-11-19-17(20-15)13-5-3-2-4-6-13/h2-6,11,14,18H,7-10H2,1H3,(H,19,20). The number of H-pyrrole nitrogens is 1. The van der Waals surface area contributed by atoms with E-state index in [9.17, 15) is 0 Å². The molecule has 0 amide bonds. The van der Waals surface area contributed by atoms with Gasteiger partial charge < -0.3 is 14.9 Å². The first-order valence-electron chi connectivity index (χ1n) is 8.01. The van der Waals surface area contributed by atoms with Crippen LogP contribution in [0, 0.1) is 6.92 Å². The fourth-order valence-corrected chi connectivity index (χ4v) is 3.09. The Hall–Kier alpha value is -2.47. The van der Waals surface area contributed by atoms with E-state index in [1.165, 1.54) is 0 Å². The molecule has 0 saturated heterocycles. The van der Waals surface area contributed by atoms with E-state index in [-0.39, 0.29) is 0 Å². The van der Waals surface area contributed by atoms with Gasteiger partial charge in [0.25, 0.3) is 0 Å². The highest BCUT2D eigenvalue weighted by Gasteiger charge is 2.21. The number of nitrogens with zero attached hydrogens (tertiary/aromatic N) is 4. The molecule has 23 heavy (non-hydrogen) atoms. The van der Waals surface area contributed by atoms with Gasteiger partial charge in [0.1, 0.15) is 17.5 Å². The summed E-state index contributed by atoms with van der Waals surface area (Å²) in [7, 11) is 0. The molecule has 6 heteroatoms. The van der Waals surface area contributed by atoms with E-state index in [1.54, 1.807) is 0 Å². The smallest absolute Gasteiger partial charge is 0.137 e. The van der Waals surface area contributed by atoms with Gasteiger partial charge in [-0.05, 0) is 13.3 Å². The third-order valence-electron chi connectivity index (χ3n) is 4.40. The minimum absolute atomic E-state index is 0.439. The summed E-state index contributed by atoms with van der Waals surface area (Å²) in [6.07, 6.45) is 3.94. The quantitative estimate of drug-likeness (QED) is 0.774. The Labute approximate surface area is 135 Å². The van der Waals surface area contributed by atoms with Crippen LogP contribution in [0.25, 0.3) is 11.4 Å². The molecule has 0 aliphatic carbocycles. The Bertz CT molecular complexity index is 789. The van der Waals surface area contributed by atoms with Gasteiger partial charge in [0.2, 0.25) is 0 Å². The number of nitrogens with one attached hydrogen (secondary N) is 2. The van der Waals surface area contributed by atoms with Gasteiger partial charge in [0.05, 0.1) is 0 Å². The first kappa shape index (κ1) is 14.1. The van der Waals surface area contributed by atoms with Gasteiger partial charge in [0, 0.05) is 43.0 Å². The van der Waals surface area contributed by atoms with Crippen molar-refractivity contribution < 1.29 is 0 Å².